The normalized spacial score (nSPS) is 10.0. The number of alkyl halides is 2. The standard InChI is InChI=1S/C8H4F2N2O3/c9-7(10)5-3(2-11)1-4(13)12-6(5)8(14)15/h1,7H,(H,12,13)(H,14,15). The van der Waals surface area contributed by atoms with Gasteiger partial charge in [-0.25, -0.2) is 13.6 Å². The van der Waals surface area contributed by atoms with E-state index >= 15 is 0 Å². The summed E-state index contributed by atoms with van der Waals surface area (Å²) in [5.41, 5.74) is -3.46. The zero-order valence-corrected chi connectivity index (χ0v) is 7.12. The minimum Gasteiger partial charge on any atom is -0.477 e. The number of carbonyl (C=O) groups is 1. The van der Waals surface area contributed by atoms with Gasteiger partial charge in [0.15, 0.2) is 0 Å². The molecule has 7 heteroatoms. The molecule has 0 amide bonds. The summed E-state index contributed by atoms with van der Waals surface area (Å²) < 4.78 is 24.9. The fraction of sp³-hybridized carbons (Fsp3) is 0.125. The molecule has 1 aromatic rings. The molecule has 78 valence electrons. The lowest BCUT2D eigenvalue weighted by Gasteiger charge is -2.05. The Labute approximate surface area is 81.6 Å². The third kappa shape index (κ3) is 1.99. The van der Waals surface area contributed by atoms with Gasteiger partial charge in [-0.1, -0.05) is 0 Å². The van der Waals surface area contributed by atoms with Gasteiger partial charge in [-0.2, -0.15) is 5.26 Å². The Hall–Kier alpha value is -2.23. The van der Waals surface area contributed by atoms with Crippen LogP contribution in [0.2, 0.25) is 0 Å². The summed E-state index contributed by atoms with van der Waals surface area (Å²) in [6.45, 7) is 0. The third-order valence-electron chi connectivity index (χ3n) is 1.64. The smallest absolute Gasteiger partial charge is 0.352 e. The van der Waals surface area contributed by atoms with Crippen LogP contribution in [0.15, 0.2) is 10.9 Å². The number of nitrogens with zero attached hydrogens (tertiary/aromatic N) is 1. The second-order valence-electron chi connectivity index (χ2n) is 2.55. The second-order valence-corrected chi connectivity index (χ2v) is 2.55. The summed E-state index contributed by atoms with van der Waals surface area (Å²) in [5.74, 6) is -1.71. The van der Waals surface area contributed by atoms with Crippen molar-refractivity contribution in [3.05, 3.63) is 33.2 Å². The van der Waals surface area contributed by atoms with Crippen molar-refractivity contribution < 1.29 is 18.7 Å². The first-order valence-electron chi connectivity index (χ1n) is 3.66. The molecule has 15 heavy (non-hydrogen) atoms. The summed E-state index contributed by atoms with van der Waals surface area (Å²) in [4.78, 5) is 23.1. The highest BCUT2D eigenvalue weighted by Gasteiger charge is 2.23. The first-order valence-corrected chi connectivity index (χ1v) is 3.66. The van der Waals surface area contributed by atoms with Gasteiger partial charge in [0.25, 0.3) is 6.43 Å². The molecule has 0 saturated carbocycles. The van der Waals surface area contributed by atoms with Crippen molar-refractivity contribution in [3.8, 4) is 6.07 Å². The zero-order valence-electron chi connectivity index (χ0n) is 7.12. The molecule has 0 atom stereocenters. The monoisotopic (exact) mass is 214 g/mol. The van der Waals surface area contributed by atoms with Crippen molar-refractivity contribution in [2.24, 2.45) is 0 Å². The van der Waals surface area contributed by atoms with Gasteiger partial charge < -0.3 is 10.1 Å². The molecule has 0 aliphatic rings. The summed E-state index contributed by atoms with van der Waals surface area (Å²) in [7, 11) is 0. The molecule has 5 nitrogen and oxygen atoms in total. The van der Waals surface area contributed by atoms with Crippen LogP contribution in [0.4, 0.5) is 8.78 Å². The average molecular weight is 214 g/mol. The number of nitriles is 1. The zero-order chi connectivity index (χ0) is 11.6. The SMILES string of the molecule is N#Cc1cc(=O)[nH]c(C(=O)O)c1C(F)F. The Morgan fingerprint density at radius 2 is 2.20 bits per heavy atom. The van der Waals surface area contributed by atoms with E-state index in [4.69, 9.17) is 10.4 Å². The molecular weight excluding hydrogens is 210 g/mol. The van der Waals surface area contributed by atoms with Crippen LogP contribution in [0.5, 0.6) is 0 Å². The van der Waals surface area contributed by atoms with Gasteiger partial charge in [-0.05, 0) is 0 Å². The number of aromatic amines is 1. The number of nitrogens with one attached hydrogen (secondary N) is 1. The number of hydrogen-bond donors (Lipinski definition) is 2. The van der Waals surface area contributed by atoms with Gasteiger partial charge in [-0.15, -0.1) is 0 Å². The molecule has 0 aliphatic heterocycles. The Bertz CT molecular complexity index is 502. The van der Waals surface area contributed by atoms with E-state index in [0.29, 0.717) is 6.07 Å². The van der Waals surface area contributed by atoms with Crippen LogP contribution in [0.25, 0.3) is 0 Å². The number of rotatable bonds is 2. The molecule has 2 N–H and O–H groups in total. The molecule has 0 radical (unpaired) electrons. The van der Waals surface area contributed by atoms with Crippen LogP contribution in [0, 0.1) is 11.3 Å². The van der Waals surface area contributed by atoms with E-state index in [1.807, 2.05) is 0 Å². The summed E-state index contributed by atoms with van der Waals surface area (Å²) in [5, 5.41) is 17.0. The number of pyridine rings is 1. The number of halogens is 2. The van der Waals surface area contributed by atoms with Crippen molar-refractivity contribution >= 4 is 5.97 Å². The quantitative estimate of drug-likeness (QED) is 0.764. The van der Waals surface area contributed by atoms with E-state index in [0.717, 1.165) is 0 Å². The summed E-state index contributed by atoms with van der Waals surface area (Å²) in [6.07, 6.45) is -3.14. The number of aromatic nitrogens is 1. The lowest BCUT2D eigenvalue weighted by molar-refractivity contribution is 0.0676. The summed E-state index contributed by atoms with van der Waals surface area (Å²) >= 11 is 0. The predicted molar refractivity (Wildman–Crippen MR) is 43.7 cm³/mol. The van der Waals surface area contributed by atoms with Crippen LogP contribution in [0.3, 0.4) is 0 Å². The highest BCUT2D eigenvalue weighted by molar-refractivity contribution is 5.87. The third-order valence-corrected chi connectivity index (χ3v) is 1.64. The van der Waals surface area contributed by atoms with Crippen molar-refractivity contribution in [3.63, 3.8) is 0 Å². The van der Waals surface area contributed by atoms with E-state index in [2.05, 4.69) is 0 Å². The van der Waals surface area contributed by atoms with Crippen molar-refractivity contribution in [1.29, 1.82) is 5.26 Å². The number of carboxylic acid groups (broad SMARTS) is 1. The fourth-order valence-corrected chi connectivity index (χ4v) is 1.06. The molecule has 1 aromatic heterocycles. The minimum absolute atomic E-state index is 0.633. The first kappa shape index (κ1) is 10.8. The Kier molecular flexibility index (Phi) is 2.80. The maximum absolute atomic E-state index is 12.4. The van der Waals surface area contributed by atoms with Crippen LogP contribution in [0.1, 0.15) is 28.0 Å². The fourth-order valence-electron chi connectivity index (χ4n) is 1.06. The molecule has 1 heterocycles. The van der Waals surface area contributed by atoms with Gasteiger partial charge in [0.2, 0.25) is 5.56 Å². The topological polar surface area (TPSA) is 94.0 Å². The van der Waals surface area contributed by atoms with Crippen LogP contribution in [-0.4, -0.2) is 16.1 Å². The Morgan fingerprint density at radius 1 is 1.60 bits per heavy atom. The van der Waals surface area contributed by atoms with Crippen LogP contribution >= 0.6 is 0 Å². The van der Waals surface area contributed by atoms with Gasteiger partial charge in [0.05, 0.1) is 17.2 Å². The molecule has 0 aliphatic carbocycles. The van der Waals surface area contributed by atoms with E-state index in [1.54, 1.807) is 4.98 Å². The van der Waals surface area contributed by atoms with Crippen molar-refractivity contribution in [2.75, 3.05) is 0 Å². The maximum Gasteiger partial charge on any atom is 0.352 e. The molecule has 0 unspecified atom stereocenters. The van der Waals surface area contributed by atoms with E-state index in [1.165, 1.54) is 6.07 Å². The molecular formula is C8H4F2N2O3. The van der Waals surface area contributed by atoms with Crippen LogP contribution in [-0.2, 0) is 0 Å². The first-order chi connectivity index (χ1) is 6.97. The number of carboxylic acids is 1. The number of H-pyrrole nitrogens is 1. The van der Waals surface area contributed by atoms with E-state index in [-0.39, 0.29) is 0 Å². The van der Waals surface area contributed by atoms with Crippen molar-refractivity contribution in [2.45, 2.75) is 6.43 Å². The lowest BCUT2D eigenvalue weighted by Crippen LogP contribution is -2.17. The van der Waals surface area contributed by atoms with Gasteiger partial charge >= 0.3 is 5.97 Å². The predicted octanol–water partition coefficient (Wildman–Crippen LogP) is 0.882. The summed E-state index contributed by atoms with van der Waals surface area (Å²) in [6, 6.07) is 1.98. The Balaban J connectivity index is 3.64. The van der Waals surface area contributed by atoms with Crippen molar-refractivity contribution in [1.82, 2.24) is 4.98 Å². The van der Waals surface area contributed by atoms with Gasteiger partial charge in [0, 0.05) is 6.07 Å². The highest BCUT2D eigenvalue weighted by atomic mass is 19.3. The molecule has 0 aromatic carbocycles. The Morgan fingerprint density at radius 3 is 2.60 bits per heavy atom. The molecule has 1 rings (SSSR count). The average Bonchev–Trinajstić information content (AvgIpc) is 2.15. The molecule has 0 spiro atoms. The second kappa shape index (κ2) is 3.88. The highest BCUT2D eigenvalue weighted by Crippen LogP contribution is 2.24. The van der Waals surface area contributed by atoms with Gasteiger partial charge in [0.1, 0.15) is 5.69 Å². The molecule has 0 bridgehead atoms. The lowest BCUT2D eigenvalue weighted by atomic mass is 10.1. The molecule has 0 saturated heterocycles. The number of hydrogen-bond acceptors (Lipinski definition) is 3. The van der Waals surface area contributed by atoms with Crippen LogP contribution < -0.4 is 5.56 Å². The largest absolute Gasteiger partial charge is 0.477 e. The maximum atomic E-state index is 12.4. The van der Waals surface area contributed by atoms with Gasteiger partial charge in [-0.3, -0.25) is 4.79 Å². The van der Waals surface area contributed by atoms with E-state index < -0.39 is 34.8 Å². The number of aromatic carboxylic acids is 1. The molecule has 0 fully saturated rings. The van der Waals surface area contributed by atoms with E-state index in [9.17, 15) is 18.4 Å². The minimum atomic E-state index is -3.14.